The van der Waals surface area contributed by atoms with Crippen LogP contribution in [0.25, 0.3) is 22.9 Å². The van der Waals surface area contributed by atoms with E-state index < -0.39 is 0 Å². The number of fused-ring (bicyclic) bond motifs is 1. The minimum Gasteiger partial charge on any atom is -0.427 e. The van der Waals surface area contributed by atoms with E-state index >= 15 is 0 Å². The third-order valence-electron chi connectivity index (χ3n) is 3.30. The van der Waals surface area contributed by atoms with Crippen molar-refractivity contribution >= 4 is 28.9 Å². The van der Waals surface area contributed by atoms with Gasteiger partial charge < -0.3 is 4.74 Å². The molecule has 23 heavy (non-hydrogen) atoms. The summed E-state index contributed by atoms with van der Waals surface area (Å²) in [5, 5.41) is 7.62. The minimum absolute atomic E-state index is 0.195. The van der Waals surface area contributed by atoms with Gasteiger partial charge in [0.15, 0.2) is 0 Å². The normalized spacial score (nSPS) is 11.0. The van der Waals surface area contributed by atoms with Gasteiger partial charge in [-0.1, -0.05) is 30.4 Å². The highest BCUT2D eigenvalue weighted by molar-refractivity contribution is 5.84. The molecule has 1 heterocycles. The van der Waals surface area contributed by atoms with Gasteiger partial charge in [-0.05, 0) is 35.4 Å². The first-order chi connectivity index (χ1) is 11.1. The van der Waals surface area contributed by atoms with E-state index in [1.807, 2.05) is 36.4 Å². The van der Waals surface area contributed by atoms with Crippen LogP contribution in [0.5, 0.6) is 5.75 Å². The molecule has 0 bridgehead atoms. The lowest BCUT2D eigenvalue weighted by Crippen LogP contribution is -2.06. The maximum Gasteiger partial charge on any atom is 0.308 e. The molecule has 2 aromatic carbocycles. The molecule has 114 valence electrons. The number of nitrogens with zero attached hydrogens (tertiary/aromatic N) is 1. The first kappa shape index (κ1) is 14.7. The number of nitrogens with one attached hydrogen (secondary N) is 1. The molecule has 0 atom stereocenters. The first-order valence-corrected chi connectivity index (χ1v) is 7.06. The highest BCUT2D eigenvalue weighted by Crippen LogP contribution is 2.16. The minimum atomic E-state index is -0.340. The Labute approximate surface area is 132 Å². The van der Waals surface area contributed by atoms with E-state index in [0.29, 0.717) is 11.1 Å². The Kier molecular flexibility index (Phi) is 4.01. The van der Waals surface area contributed by atoms with Crippen molar-refractivity contribution in [3.8, 4) is 5.75 Å². The second-order valence-corrected chi connectivity index (χ2v) is 5.04. The van der Waals surface area contributed by atoms with E-state index in [9.17, 15) is 9.59 Å². The van der Waals surface area contributed by atoms with Gasteiger partial charge in [-0.2, -0.15) is 5.10 Å². The van der Waals surface area contributed by atoms with Gasteiger partial charge in [0.05, 0.1) is 11.6 Å². The lowest BCUT2D eigenvalue weighted by molar-refractivity contribution is -0.131. The molecule has 3 rings (SSSR count). The molecule has 3 aromatic rings. The number of H-pyrrole nitrogens is 1. The first-order valence-electron chi connectivity index (χ1n) is 7.06. The molecule has 1 N–H and O–H groups in total. The molecule has 5 heteroatoms. The summed E-state index contributed by atoms with van der Waals surface area (Å²) in [5.41, 5.74) is 1.75. The molecule has 5 nitrogen and oxygen atoms in total. The van der Waals surface area contributed by atoms with E-state index in [0.717, 1.165) is 16.5 Å². The van der Waals surface area contributed by atoms with Gasteiger partial charge in [0.2, 0.25) is 0 Å². The Bertz CT molecular complexity index is 940. The van der Waals surface area contributed by atoms with Gasteiger partial charge in [-0.15, -0.1) is 0 Å². The molecule has 1 aromatic heterocycles. The summed E-state index contributed by atoms with van der Waals surface area (Å²) in [7, 11) is 0. The quantitative estimate of drug-likeness (QED) is 0.458. The van der Waals surface area contributed by atoms with Crippen LogP contribution in [0.2, 0.25) is 0 Å². The number of carbonyl (C=O) groups excluding carboxylic acids is 1. The van der Waals surface area contributed by atoms with Crippen LogP contribution in [-0.2, 0) is 4.79 Å². The lowest BCUT2D eigenvalue weighted by atomic mass is 10.1. The molecule has 0 spiro atoms. The van der Waals surface area contributed by atoms with Crippen molar-refractivity contribution in [2.75, 3.05) is 0 Å². The number of rotatable bonds is 3. The Morgan fingerprint density at radius 3 is 2.52 bits per heavy atom. The third-order valence-corrected chi connectivity index (χ3v) is 3.30. The third kappa shape index (κ3) is 3.52. The molecule has 0 saturated carbocycles. The fraction of sp³-hybridized carbons (Fsp3) is 0.0556. The molecular formula is C18H14N2O3. The average Bonchev–Trinajstić information content (AvgIpc) is 2.54. The van der Waals surface area contributed by atoms with Crippen molar-refractivity contribution in [2.45, 2.75) is 6.92 Å². The SMILES string of the molecule is CC(=O)Oc1ccc(/C=C/c2ccc3c(=O)[nH]ncc3c2)cc1. The van der Waals surface area contributed by atoms with Crippen molar-refractivity contribution < 1.29 is 9.53 Å². The Hall–Kier alpha value is -3.21. The summed E-state index contributed by atoms with van der Waals surface area (Å²) < 4.78 is 4.99. The monoisotopic (exact) mass is 306 g/mol. The van der Waals surface area contributed by atoms with E-state index in [4.69, 9.17) is 4.74 Å². The second kappa shape index (κ2) is 6.27. The molecule has 0 unspecified atom stereocenters. The van der Waals surface area contributed by atoms with E-state index in [1.54, 1.807) is 24.4 Å². The summed E-state index contributed by atoms with van der Waals surface area (Å²) >= 11 is 0. The smallest absolute Gasteiger partial charge is 0.308 e. The van der Waals surface area contributed by atoms with Gasteiger partial charge >= 0.3 is 5.97 Å². The standard InChI is InChI=1S/C18H14N2O3/c1-12(21)23-16-7-4-13(5-8-16)2-3-14-6-9-17-15(10-14)11-19-20-18(17)22/h2-11H,1H3,(H,20,22)/b3-2+. The van der Waals surface area contributed by atoms with Crippen LogP contribution in [-0.4, -0.2) is 16.2 Å². The van der Waals surface area contributed by atoms with E-state index in [-0.39, 0.29) is 11.5 Å². The van der Waals surface area contributed by atoms with Crippen molar-refractivity contribution in [1.82, 2.24) is 10.2 Å². The topological polar surface area (TPSA) is 72.1 Å². The van der Waals surface area contributed by atoms with Crippen molar-refractivity contribution in [3.63, 3.8) is 0 Å². The molecule has 0 aliphatic rings. The van der Waals surface area contributed by atoms with Gasteiger partial charge in [-0.3, -0.25) is 9.59 Å². The van der Waals surface area contributed by atoms with Crippen LogP contribution in [0.1, 0.15) is 18.1 Å². The number of carbonyl (C=O) groups is 1. The molecule has 0 fully saturated rings. The molecule has 0 radical (unpaired) electrons. The Morgan fingerprint density at radius 2 is 1.78 bits per heavy atom. The maximum absolute atomic E-state index is 11.6. The number of aromatic amines is 1. The van der Waals surface area contributed by atoms with Gasteiger partial charge in [-0.25, -0.2) is 5.10 Å². The second-order valence-electron chi connectivity index (χ2n) is 5.04. The zero-order valence-electron chi connectivity index (χ0n) is 12.4. The van der Waals surface area contributed by atoms with Crippen LogP contribution in [0.15, 0.2) is 53.5 Å². The van der Waals surface area contributed by atoms with Gasteiger partial charge in [0.25, 0.3) is 5.56 Å². The zero-order valence-corrected chi connectivity index (χ0v) is 12.4. The molecule has 0 aliphatic carbocycles. The maximum atomic E-state index is 11.6. The van der Waals surface area contributed by atoms with Gasteiger partial charge in [0, 0.05) is 12.3 Å². The molecule has 0 saturated heterocycles. The number of hydrogen-bond acceptors (Lipinski definition) is 4. The summed E-state index contributed by atoms with van der Waals surface area (Å²) in [6.07, 6.45) is 5.52. The van der Waals surface area contributed by atoms with Crippen LogP contribution < -0.4 is 10.3 Å². The van der Waals surface area contributed by atoms with Crippen LogP contribution in [0.3, 0.4) is 0 Å². The summed E-state index contributed by atoms with van der Waals surface area (Å²) in [5.74, 6) is 0.179. The molecule has 0 aliphatic heterocycles. The number of esters is 1. The summed E-state index contributed by atoms with van der Waals surface area (Å²) in [6.45, 7) is 1.37. The highest BCUT2D eigenvalue weighted by atomic mass is 16.5. The van der Waals surface area contributed by atoms with E-state index in [1.165, 1.54) is 6.92 Å². The van der Waals surface area contributed by atoms with E-state index in [2.05, 4.69) is 10.2 Å². The Morgan fingerprint density at radius 1 is 1.09 bits per heavy atom. The van der Waals surface area contributed by atoms with Crippen molar-refractivity contribution in [3.05, 3.63) is 70.1 Å². The number of aromatic nitrogens is 2. The fourth-order valence-corrected chi connectivity index (χ4v) is 2.22. The number of ether oxygens (including phenoxy) is 1. The largest absolute Gasteiger partial charge is 0.427 e. The average molecular weight is 306 g/mol. The van der Waals surface area contributed by atoms with Crippen LogP contribution in [0.4, 0.5) is 0 Å². The van der Waals surface area contributed by atoms with Crippen molar-refractivity contribution in [1.29, 1.82) is 0 Å². The summed E-state index contributed by atoms with van der Waals surface area (Å²) in [4.78, 5) is 22.5. The van der Waals surface area contributed by atoms with Crippen LogP contribution in [0, 0.1) is 0 Å². The lowest BCUT2D eigenvalue weighted by Gasteiger charge is -2.01. The van der Waals surface area contributed by atoms with Crippen molar-refractivity contribution in [2.24, 2.45) is 0 Å². The predicted molar refractivity (Wildman–Crippen MR) is 89.0 cm³/mol. The zero-order chi connectivity index (χ0) is 16.2. The van der Waals surface area contributed by atoms with Crippen LogP contribution >= 0.6 is 0 Å². The molecule has 0 amide bonds. The predicted octanol–water partition coefficient (Wildman–Crippen LogP) is 3.02. The number of hydrogen-bond donors (Lipinski definition) is 1. The molecular weight excluding hydrogens is 292 g/mol. The number of benzene rings is 2. The van der Waals surface area contributed by atoms with Gasteiger partial charge in [0.1, 0.15) is 5.75 Å². The summed E-state index contributed by atoms with van der Waals surface area (Å²) in [6, 6.07) is 12.8. The fourth-order valence-electron chi connectivity index (χ4n) is 2.22. The Balaban J connectivity index is 1.82. The highest BCUT2D eigenvalue weighted by Gasteiger charge is 1.99.